The van der Waals surface area contributed by atoms with Crippen LogP contribution < -0.4 is 0 Å². The Kier molecular flexibility index (Phi) is 5.76. The molecular weight excluding hydrogens is 292 g/mol. The van der Waals surface area contributed by atoms with Gasteiger partial charge in [-0.1, -0.05) is 18.7 Å². The molecule has 0 saturated heterocycles. The maximum atomic E-state index is 11.5. The zero-order chi connectivity index (χ0) is 12.0. The largest absolute Gasteiger partial charge is 0.465 e. The number of thioether (sulfide) groups is 1. The van der Waals surface area contributed by atoms with Crippen molar-refractivity contribution in [3.63, 3.8) is 0 Å². The highest BCUT2D eigenvalue weighted by Crippen LogP contribution is 2.23. The monoisotopic (exact) mass is 304 g/mol. The van der Waals surface area contributed by atoms with E-state index in [0.29, 0.717) is 18.2 Å². The van der Waals surface area contributed by atoms with Gasteiger partial charge < -0.3 is 4.74 Å². The van der Waals surface area contributed by atoms with Gasteiger partial charge in [0.15, 0.2) is 5.16 Å². The molecule has 88 valence electrons. The van der Waals surface area contributed by atoms with Crippen molar-refractivity contribution in [2.24, 2.45) is 0 Å². The molecule has 0 spiro atoms. The van der Waals surface area contributed by atoms with Crippen molar-refractivity contribution in [2.45, 2.75) is 30.7 Å². The van der Waals surface area contributed by atoms with E-state index in [1.807, 2.05) is 6.92 Å². The molecule has 0 aliphatic carbocycles. The Labute approximate surface area is 107 Å². The highest BCUT2D eigenvalue weighted by molar-refractivity contribution is 9.10. The maximum Gasteiger partial charge on any atom is 0.319 e. The van der Waals surface area contributed by atoms with Crippen molar-refractivity contribution < 1.29 is 9.53 Å². The first-order chi connectivity index (χ1) is 7.67. The molecule has 0 saturated carbocycles. The number of nitrogens with zero attached hydrogens (tertiary/aromatic N) is 2. The van der Waals surface area contributed by atoms with Crippen molar-refractivity contribution >= 4 is 33.7 Å². The fraction of sp³-hybridized carbons (Fsp3) is 0.500. The molecule has 0 aromatic carbocycles. The van der Waals surface area contributed by atoms with Crippen LogP contribution in [0.1, 0.15) is 20.3 Å². The molecule has 6 heteroatoms. The van der Waals surface area contributed by atoms with Gasteiger partial charge in [-0.25, -0.2) is 9.97 Å². The molecule has 1 heterocycles. The second-order valence-electron chi connectivity index (χ2n) is 2.95. The summed E-state index contributed by atoms with van der Waals surface area (Å²) in [5, 5.41) is 0.351. The van der Waals surface area contributed by atoms with Crippen molar-refractivity contribution in [1.29, 1.82) is 0 Å². The zero-order valence-corrected chi connectivity index (χ0v) is 11.5. The van der Waals surface area contributed by atoms with Crippen molar-refractivity contribution in [3.8, 4) is 0 Å². The Bertz CT molecular complexity index is 345. The summed E-state index contributed by atoms with van der Waals surface area (Å²) >= 11 is 4.58. The average molecular weight is 305 g/mol. The number of esters is 1. The lowest BCUT2D eigenvalue weighted by molar-refractivity contribution is -0.142. The smallest absolute Gasteiger partial charge is 0.319 e. The Balaban J connectivity index is 2.62. The summed E-state index contributed by atoms with van der Waals surface area (Å²) < 4.78 is 5.79. The molecule has 1 atom stereocenters. The van der Waals surface area contributed by atoms with Crippen LogP contribution in [0.5, 0.6) is 0 Å². The normalized spacial score (nSPS) is 12.2. The fourth-order valence-electron chi connectivity index (χ4n) is 1.02. The predicted octanol–water partition coefficient (Wildman–Crippen LogP) is 2.67. The number of carbonyl (C=O) groups excluding carboxylic acids is 1. The van der Waals surface area contributed by atoms with Crippen LogP contribution in [0.15, 0.2) is 22.0 Å². The third kappa shape index (κ3) is 4.09. The molecule has 0 bridgehead atoms. The van der Waals surface area contributed by atoms with Gasteiger partial charge in [0, 0.05) is 12.4 Å². The topological polar surface area (TPSA) is 52.1 Å². The van der Waals surface area contributed by atoms with Crippen molar-refractivity contribution in [2.75, 3.05) is 6.61 Å². The molecule has 4 nitrogen and oxygen atoms in total. The van der Waals surface area contributed by atoms with Crippen molar-refractivity contribution in [1.82, 2.24) is 9.97 Å². The summed E-state index contributed by atoms with van der Waals surface area (Å²) in [5.74, 6) is -0.207. The van der Waals surface area contributed by atoms with Crippen LogP contribution in [0.4, 0.5) is 0 Å². The summed E-state index contributed by atoms with van der Waals surface area (Å²) in [7, 11) is 0. The number of hydrogen-bond acceptors (Lipinski definition) is 5. The Hall–Kier alpha value is -0.620. The third-order valence-corrected chi connectivity index (χ3v) is 3.41. The molecule has 0 amide bonds. The Morgan fingerprint density at radius 1 is 1.50 bits per heavy atom. The number of carbonyl (C=O) groups is 1. The van der Waals surface area contributed by atoms with Crippen LogP contribution in [0, 0.1) is 0 Å². The Morgan fingerprint density at radius 3 is 2.62 bits per heavy atom. The predicted molar refractivity (Wildman–Crippen MR) is 66.3 cm³/mol. The fourth-order valence-corrected chi connectivity index (χ4v) is 2.04. The quantitative estimate of drug-likeness (QED) is 0.475. The second-order valence-corrected chi connectivity index (χ2v) is 5.04. The van der Waals surface area contributed by atoms with Gasteiger partial charge in [0.25, 0.3) is 0 Å². The number of rotatable bonds is 5. The first-order valence-electron chi connectivity index (χ1n) is 4.98. The molecule has 0 aliphatic heterocycles. The van der Waals surface area contributed by atoms with Gasteiger partial charge in [0.2, 0.25) is 0 Å². The minimum Gasteiger partial charge on any atom is -0.465 e. The van der Waals surface area contributed by atoms with Crippen LogP contribution in [0.3, 0.4) is 0 Å². The van der Waals surface area contributed by atoms with Crippen LogP contribution in [-0.2, 0) is 9.53 Å². The highest BCUT2D eigenvalue weighted by atomic mass is 79.9. The van der Waals surface area contributed by atoms with Gasteiger partial charge in [-0.3, -0.25) is 4.79 Å². The number of hydrogen-bond donors (Lipinski definition) is 0. The first kappa shape index (κ1) is 13.4. The molecule has 0 N–H and O–H groups in total. The summed E-state index contributed by atoms with van der Waals surface area (Å²) in [5.41, 5.74) is 0. The van der Waals surface area contributed by atoms with E-state index >= 15 is 0 Å². The molecule has 1 aromatic heterocycles. The zero-order valence-electron chi connectivity index (χ0n) is 9.14. The van der Waals surface area contributed by atoms with Crippen LogP contribution >= 0.6 is 27.7 Å². The molecule has 16 heavy (non-hydrogen) atoms. The lowest BCUT2D eigenvalue weighted by Gasteiger charge is -2.11. The summed E-state index contributed by atoms with van der Waals surface area (Å²) in [6, 6.07) is 0. The van der Waals surface area contributed by atoms with Gasteiger partial charge >= 0.3 is 5.97 Å². The van der Waals surface area contributed by atoms with Crippen molar-refractivity contribution in [3.05, 3.63) is 16.9 Å². The van der Waals surface area contributed by atoms with Crippen LogP contribution in [0.2, 0.25) is 0 Å². The summed E-state index contributed by atoms with van der Waals surface area (Å²) in [6.07, 6.45) is 4.02. The second kappa shape index (κ2) is 6.85. The van der Waals surface area contributed by atoms with Gasteiger partial charge in [0.05, 0.1) is 11.1 Å². The van der Waals surface area contributed by atoms with E-state index < -0.39 is 0 Å². The molecule has 1 rings (SSSR count). The molecule has 1 aromatic rings. The average Bonchev–Trinajstić information content (AvgIpc) is 2.28. The lowest BCUT2D eigenvalue weighted by Crippen LogP contribution is -2.19. The molecule has 0 aliphatic rings. The van der Waals surface area contributed by atoms with E-state index in [1.54, 1.807) is 19.3 Å². The van der Waals surface area contributed by atoms with Gasteiger partial charge in [-0.05, 0) is 29.3 Å². The maximum absolute atomic E-state index is 11.5. The number of halogens is 1. The van der Waals surface area contributed by atoms with Gasteiger partial charge in [-0.2, -0.15) is 0 Å². The molecular formula is C10H13BrN2O2S. The lowest BCUT2D eigenvalue weighted by atomic mass is 10.3. The van der Waals surface area contributed by atoms with E-state index in [0.717, 1.165) is 4.47 Å². The highest BCUT2D eigenvalue weighted by Gasteiger charge is 2.20. The van der Waals surface area contributed by atoms with Gasteiger partial charge in [0.1, 0.15) is 5.25 Å². The van der Waals surface area contributed by atoms with E-state index in [1.165, 1.54) is 11.8 Å². The minimum atomic E-state index is -0.235. The van der Waals surface area contributed by atoms with Crippen LogP contribution in [0.25, 0.3) is 0 Å². The summed E-state index contributed by atoms with van der Waals surface area (Å²) in [4.78, 5) is 19.7. The standard InChI is InChI=1S/C10H13BrN2O2S/c1-3-8(9(14)15-4-2)16-10-12-5-7(11)6-13-10/h5-6,8H,3-4H2,1-2H3. The Morgan fingerprint density at radius 2 is 2.12 bits per heavy atom. The molecule has 0 radical (unpaired) electrons. The van der Waals surface area contributed by atoms with E-state index in [4.69, 9.17) is 4.74 Å². The first-order valence-corrected chi connectivity index (χ1v) is 6.65. The number of ether oxygens (including phenoxy) is 1. The van der Waals surface area contributed by atoms with E-state index in [9.17, 15) is 4.79 Å². The number of aromatic nitrogens is 2. The van der Waals surface area contributed by atoms with E-state index in [2.05, 4.69) is 25.9 Å². The van der Waals surface area contributed by atoms with Gasteiger partial charge in [-0.15, -0.1) is 0 Å². The molecule has 0 fully saturated rings. The molecule has 1 unspecified atom stereocenters. The minimum absolute atomic E-state index is 0.207. The summed E-state index contributed by atoms with van der Waals surface area (Å²) in [6.45, 7) is 4.13. The SMILES string of the molecule is CCOC(=O)C(CC)Sc1ncc(Br)cn1. The third-order valence-electron chi connectivity index (χ3n) is 1.76. The van der Waals surface area contributed by atoms with Crippen LogP contribution in [-0.4, -0.2) is 27.8 Å². The van der Waals surface area contributed by atoms with E-state index in [-0.39, 0.29) is 11.2 Å².